The average Bonchev–Trinajstić information content (AvgIpc) is 3.19. The van der Waals surface area contributed by atoms with Crippen LogP contribution in [0.3, 0.4) is 0 Å². The molecule has 0 fully saturated rings. The highest BCUT2D eigenvalue weighted by Gasteiger charge is 2.40. The molecule has 0 saturated heterocycles. The summed E-state index contributed by atoms with van der Waals surface area (Å²) in [6.45, 7) is 5.90. The molecule has 10 nitrogen and oxygen atoms in total. The summed E-state index contributed by atoms with van der Waals surface area (Å²) in [5, 5.41) is 0.952. The van der Waals surface area contributed by atoms with E-state index in [1.165, 1.54) is 7.11 Å². The van der Waals surface area contributed by atoms with Crippen molar-refractivity contribution in [2.24, 2.45) is 0 Å². The Morgan fingerprint density at radius 1 is 0.655 bits per heavy atom. The molecule has 0 aliphatic carbocycles. The van der Waals surface area contributed by atoms with Gasteiger partial charge < -0.3 is 22.8 Å². The number of nitrogens with zero attached hydrogens (tertiary/aromatic N) is 1. The van der Waals surface area contributed by atoms with Crippen molar-refractivity contribution in [2.45, 2.75) is 20.8 Å². The maximum Gasteiger partial charge on any atom is 0.424 e. The van der Waals surface area contributed by atoms with E-state index in [9.17, 15) is 9.59 Å². The lowest BCUT2D eigenvalue weighted by atomic mass is 9.95. The Hall–Kier alpha value is -6.30. The molecule has 0 amide bonds. The van der Waals surface area contributed by atoms with Crippen LogP contribution < -0.4 is 23.5 Å². The van der Waals surface area contributed by atoms with Crippen LogP contribution in [0.5, 0.6) is 17.2 Å². The van der Waals surface area contributed by atoms with Gasteiger partial charge in [-0.05, 0) is 97.6 Å². The molecule has 8 rings (SSSR count). The first-order valence-electron chi connectivity index (χ1n) is 17.0. The third-order valence-corrected chi connectivity index (χ3v) is 11.8. The van der Waals surface area contributed by atoms with Crippen LogP contribution in [0.15, 0.2) is 127 Å². The maximum atomic E-state index is 13.6. The van der Waals surface area contributed by atoms with E-state index in [1.807, 2.05) is 123 Å². The Morgan fingerprint density at radius 3 is 1.98 bits per heavy atom. The molecule has 2 aliphatic rings. The van der Waals surface area contributed by atoms with Crippen LogP contribution >= 0.6 is 16.9 Å². The van der Waals surface area contributed by atoms with Gasteiger partial charge in [0.1, 0.15) is 17.1 Å². The van der Waals surface area contributed by atoms with Gasteiger partial charge >= 0.3 is 35.0 Å². The molecule has 0 radical (unpaired) electrons. The van der Waals surface area contributed by atoms with Gasteiger partial charge in [-0.1, -0.05) is 72.8 Å². The van der Waals surface area contributed by atoms with Crippen LogP contribution in [0.4, 0.5) is 11.4 Å². The molecule has 2 atom stereocenters. The first-order valence-corrected chi connectivity index (χ1v) is 19.4. The van der Waals surface area contributed by atoms with Crippen molar-refractivity contribution in [2.75, 3.05) is 11.8 Å². The van der Waals surface area contributed by atoms with Crippen LogP contribution in [0.2, 0.25) is 0 Å². The van der Waals surface area contributed by atoms with Gasteiger partial charge in [0.2, 0.25) is 0 Å². The summed E-state index contributed by atoms with van der Waals surface area (Å²) < 4.78 is 33.6. The molecule has 0 aromatic heterocycles. The number of carbonyl (C=O) groups is 2. The van der Waals surface area contributed by atoms with Crippen LogP contribution in [0, 0.1) is 20.8 Å². The summed E-state index contributed by atoms with van der Waals surface area (Å²) in [4.78, 5) is 43.3. The summed E-state index contributed by atoms with van der Waals surface area (Å²) >= 11 is 0. The molecule has 0 spiro atoms. The van der Waals surface area contributed by atoms with Crippen LogP contribution in [-0.4, -0.2) is 25.2 Å². The molecule has 274 valence electrons. The fraction of sp³-hybridized carbons (Fsp3) is 0.0930. The molecular formula is C43H33NO9P2. The Labute approximate surface area is 320 Å². The summed E-state index contributed by atoms with van der Waals surface area (Å²) in [5.41, 5.74) is 7.96. The van der Waals surface area contributed by atoms with E-state index >= 15 is 0 Å². The number of hydrogen-bond acceptors (Lipinski definition) is 10. The zero-order valence-electron chi connectivity index (χ0n) is 30.1. The van der Waals surface area contributed by atoms with E-state index in [2.05, 4.69) is 12.1 Å². The number of benzene rings is 6. The maximum absolute atomic E-state index is 13.6. The lowest BCUT2D eigenvalue weighted by Gasteiger charge is -2.35. The van der Waals surface area contributed by atoms with Crippen molar-refractivity contribution in [1.29, 1.82) is 0 Å². The Balaban J connectivity index is 0.00000150. The van der Waals surface area contributed by atoms with Gasteiger partial charge in [0.25, 0.3) is 0 Å². The van der Waals surface area contributed by atoms with E-state index in [0.29, 0.717) is 28.1 Å². The minimum atomic E-state index is -2.17. The van der Waals surface area contributed by atoms with Crippen LogP contribution in [-0.2, 0) is 18.8 Å². The number of anilines is 2. The number of fused-ring (bicyclic) bond motifs is 4. The normalized spacial score (nSPS) is 15.0. The SMILES string of the molecule is COC(=O)c1cc(C)cc(-c2cc(C)cc(C)c2OP2Oc3ccccc3-c3ccccc32)c1OP1OC(=O)c2ccccc2N1c1ccccc1.O=C=O. The minimum absolute atomic E-state index is 0.187. The number of ether oxygens (including phenoxy) is 1. The van der Waals surface area contributed by atoms with E-state index in [-0.39, 0.29) is 17.5 Å². The van der Waals surface area contributed by atoms with Gasteiger partial charge in [0, 0.05) is 16.7 Å². The van der Waals surface area contributed by atoms with Crippen molar-refractivity contribution in [1.82, 2.24) is 0 Å². The van der Waals surface area contributed by atoms with Crippen molar-refractivity contribution in [3.63, 3.8) is 0 Å². The average molecular weight is 770 g/mol. The number of rotatable bonds is 7. The number of carbonyl (C=O) groups excluding carboxylic acids is 4. The molecule has 6 aromatic carbocycles. The van der Waals surface area contributed by atoms with Crippen LogP contribution in [0.1, 0.15) is 37.4 Å². The summed E-state index contributed by atoms with van der Waals surface area (Å²) in [5.74, 6) is 0.413. The fourth-order valence-electron chi connectivity index (χ4n) is 6.55. The van der Waals surface area contributed by atoms with Crippen LogP contribution in [0.25, 0.3) is 22.3 Å². The van der Waals surface area contributed by atoms with Gasteiger partial charge in [0.05, 0.1) is 29.4 Å². The highest BCUT2D eigenvalue weighted by atomic mass is 31.2. The Bertz CT molecular complexity index is 2470. The summed E-state index contributed by atoms with van der Waals surface area (Å²) in [7, 11) is -2.46. The predicted molar refractivity (Wildman–Crippen MR) is 210 cm³/mol. The third kappa shape index (κ3) is 7.31. The molecule has 0 N–H and O–H groups in total. The molecule has 0 bridgehead atoms. The summed E-state index contributed by atoms with van der Waals surface area (Å²) in [6.07, 6.45) is 0.250. The lowest BCUT2D eigenvalue weighted by Crippen LogP contribution is -2.25. The second-order valence-corrected chi connectivity index (χ2v) is 15.1. The lowest BCUT2D eigenvalue weighted by molar-refractivity contribution is -0.191. The first kappa shape index (κ1) is 37.0. The van der Waals surface area contributed by atoms with Gasteiger partial charge in [-0.3, -0.25) is 4.67 Å². The zero-order valence-corrected chi connectivity index (χ0v) is 31.9. The highest BCUT2D eigenvalue weighted by Crippen LogP contribution is 2.58. The number of esters is 1. The van der Waals surface area contributed by atoms with Gasteiger partial charge in [-0.25, -0.2) is 9.59 Å². The second kappa shape index (κ2) is 16.0. The van der Waals surface area contributed by atoms with Crippen molar-refractivity contribution in [3.8, 4) is 39.5 Å². The van der Waals surface area contributed by atoms with E-state index in [4.69, 9.17) is 32.4 Å². The van der Waals surface area contributed by atoms with E-state index in [0.717, 1.165) is 44.6 Å². The quantitative estimate of drug-likeness (QED) is 0.115. The third-order valence-electron chi connectivity index (χ3n) is 8.83. The zero-order chi connectivity index (χ0) is 38.6. The number of methoxy groups -OCH3 is 1. The summed E-state index contributed by atoms with van der Waals surface area (Å²) in [6, 6.07) is 40.6. The van der Waals surface area contributed by atoms with Gasteiger partial charge in [-0.15, -0.1) is 0 Å². The van der Waals surface area contributed by atoms with Crippen molar-refractivity contribution < 1.29 is 42.0 Å². The number of aryl methyl sites for hydroxylation is 3. The Morgan fingerprint density at radius 2 is 1.25 bits per heavy atom. The number of para-hydroxylation sites is 3. The van der Waals surface area contributed by atoms with Crippen molar-refractivity contribution in [3.05, 3.63) is 155 Å². The second-order valence-electron chi connectivity index (χ2n) is 12.5. The van der Waals surface area contributed by atoms with Gasteiger partial charge in [-0.2, -0.15) is 9.59 Å². The largest absolute Gasteiger partial charge is 0.465 e. The van der Waals surface area contributed by atoms with Gasteiger partial charge in [0.15, 0.2) is 5.75 Å². The minimum Gasteiger partial charge on any atom is -0.465 e. The smallest absolute Gasteiger partial charge is 0.424 e. The predicted octanol–water partition coefficient (Wildman–Crippen LogP) is 10.2. The molecule has 0 saturated carbocycles. The molecular weight excluding hydrogens is 736 g/mol. The van der Waals surface area contributed by atoms with E-state index < -0.39 is 28.8 Å². The monoisotopic (exact) mass is 769 g/mol. The molecule has 6 aromatic rings. The molecule has 12 heteroatoms. The fourth-order valence-corrected chi connectivity index (χ4v) is 9.59. The molecule has 55 heavy (non-hydrogen) atoms. The van der Waals surface area contributed by atoms with Crippen molar-refractivity contribution >= 4 is 51.7 Å². The highest BCUT2D eigenvalue weighted by molar-refractivity contribution is 7.57. The molecule has 2 heterocycles. The topological polar surface area (TPSA) is 118 Å². The molecule has 2 aliphatic heterocycles. The first-order chi connectivity index (χ1) is 26.7. The molecule has 2 unspecified atom stereocenters. The van der Waals surface area contributed by atoms with E-state index in [1.54, 1.807) is 18.2 Å². The Kier molecular flexibility index (Phi) is 10.8. The standard InChI is InChI=1S/C42H33NO7P2.CO2/c1-26-22-28(3)39(48-51-38-21-13-10-17-31(38)30-16-9-12-20-37(30)47-51)33(23-26)34-24-27(2)25-35(41(44)46-4)40(34)49-52-43(29-14-6-5-7-15-29)36-19-11-8-18-32(36)42(45)50-52;2-1-3/h5-25H,1-4H3;. The number of hydrogen-bond donors (Lipinski definition) is 0.